The quantitative estimate of drug-likeness (QED) is 0.919. The lowest BCUT2D eigenvalue weighted by molar-refractivity contribution is -0.138. The van der Waals surface area contributed by atoms with E-state index in [0.29, 0.717) is 36.1 Å². The van der Waals surface area contributed by atoms with E-state index < -0.39 is 0 Å². The van der Waals surface area contributed by atoms with E-state index in [4.69, 9.17) is 16.3 Å². The van der Waals surface area contributed by atoms with Crippen molar-refractivity contribution in [3.8, 4) is 0 Å². The molecule has 6 nitrogen and oxygen atoms in total. The van der Waals surface area contributed by atoms with Crippen LogP contribution >= 0.6 is 11.6 Å². The molecule has 1 aliphatic rings. The second-order valence-electron chi connectivity index (χ2n) is 5.75. The molecule has 1 fully saturated rings. The summed E-state index contributed by atoms with van der Waals surface area (Å²) in [6.45, 7) is 3.13. The number of hydrogen-bond donors (Lipinski definition) is 1. The second-order valence-corrected chi connectivity index (χ2v) is 6.19. The molecule has 0 bridgehead atoms. The monoisotopic (exact) mass is 347 g/mol. The fourth-order valence-corrected chi connectivity index (χ4v) is 2.79. The molecule has 3 rings (SSSR count). The fraction of sp³-hybridized carbons (Fsp3) is 0.353. The standard InChI is InChI=1S/C17H18ClN3O3/c1-11-19-9-13(17(23)20-11)8-16(22)21-6-7-24-15(10-21)12-2-4-14(18)5-3-12/h2-5,9,15H,6-8,10H2,1H3,(H,19,20,23). The van der Waals surface area contributed by atoms with Gasteiger partial charge in [0.2, 0.25) is 5.91 Å². The number of morpholine rings is 1. The molecule has 1 aliphatic heterocycles. The molecule has 7 heteroatoms. The lowest BCUT2D eigenvalue weighted by Gasteiger charge is -2.33. The van der Waals surface area contributed by atoms with Gasteiger partial charge in [-0.15, -0.1) is 0 Å². The van der Waals surface area contributed by atoms with Crippen LogP contribution in [0.4, 0.5) is 0 Å². The molecule has 1 aromatic heterocycles. The molecule has 24 heavy (non-hydrogen) atoms. The summed E-state index contributed by atoms with van der Waals surface area (Å²) in [5.41, 5.74) is 1.09. The first-order chi connectivity index (χ1) is 11.5. The number of nitrogens with zero attached hydrogens (tertiary/aromatic N) is 2. The van der Waals surface area contributed by atoms with Crippen molar-refractivity contribution in [1.82, 2.24) is 14.9 Å². The Kier molecular flexibility index (Phi) is 4.97. The van der Waals surface area contributed by atoms with Crippen molar-refractivity contribution in [3.63, 3.8) is 0 Å². The van der Waals surface area contributed by atoms with Gasteiger partial charge >= 0.3 is 0 Å². The predicted molar refractivity (Wildman–Crippen MR) is 90.0 cm³/mol. The normalized spacial score (nSPS) is 17.8. The topological polar surface area (TPSA) is 75.3 Å². The Bertz CT molecular complexity index is 788. The average molecular weight is 348 g/mol. The van der Waals surface area contributed by atoms with Crippen molar-refractivity contribution in [1.29, 1.82) is 0 Å². The number of hydrogen-bond acceptors (Lipinski definition) is 4. The fourth-order valence-electron chi connectivity index (χ4n) is 2.67. The number of carbonyl (C=O) groups excluding carboxylic acids is 1. The number of aryl methyl sites for hydroxylation is 1. The summed E-state index contributed by atoms with van der Waals surface area (Å²) in [5, 5.41) is 0.661. The minimum atomic E-state index is -0.265. The third-order valence-corrected chi connectivity index (χ3v) is 4.25. The summed E-state index contributed by atoms with van der Waals surface area (Å²) >= 11 is 5.90. The molecular weight excluding hydrogens is 330 g/mol. The van der Waals surface area contributed by atoms with E-state index >= 15 is 0 Å². The molecule has 0 spiro atoms. The summed E-state index contributed by atoms with van der Waals surface area (Å²) < 4.78 is 5.76. The van der Waals surface area contributed by atoms with E-state index in [2.05, 4.69) is 9.97 Å². The molecule has 0 radical (unpaired) electrons. The van der Waals surface area contributed by atoms with E-state index in [1.54, 1.807) is 24.0 Å². The average Bonchev–Trinajstić information content (AvgIpc) is 2.58. The van der Waals surface area contributed by atoms with Gasteiger partial charge in [0.05, 0.1) is 19.6 Å². The number of ether oxygens (including phenoxy) is 1. The summed E-state index contributed by atoms with van der Waals surface area (Å²) in [6, 6.07) is 7.40. The molecule has 1 unspecified atom stereocenters. The maximum atomic E-state index is 12.5. The van der Waals surface area contributed by atoms with Crippen molar-refractivity contribution in [2.75, 3.05) is 19.7 Å². The Morgan fingerprint density at radius 1 is 1.42 bits per heavy atom. The lowest BCUT2D eigenvalue weighted by Crippen LogP contribution is -2.43. The van der Waals surface area contributed by atoms with Gasteiger partial charge in [-0.3, -0.25) is 9.59 Å². The largest absolute Gasteiger partial charge is 0.370 e. The van der Waals surface area contributed by atoms with Gasteiger partial charge in [-0.2, -0.15) is 0 Å². The first kappa shape index (κ1) is 16.7. The van der Waals surface area contributed by atoms with Crippen molar-refractivity contribution in [2.24, 2.45) is 0 Å². The molecule has 2 aromatic rings. The van der Waals surface area contributed by atoms with Gasteiger partial charge in [0.15, 0.2) is 0 Å². The highest BCUT2D eigenvalue weighted by atomic mass is 35.5. The van der Waals surface area contributed by atoms with Gasteiger partial charge in [-0.25, -0.2) is 4.98 Å². The third kappa shape index (κ3) is 3.83. The summed E-state index contributed by atoms with van der Waals surface area (Å²) in [5.74, 6) is 0.429. The van der Waals surface area contributed by atoms with Crippen molar-refractivity contribution >= 4 is 17.5 Å². The van der Waals surface area contributed by atoms with E-state index in [0.717, 1.165) is 5.56 Å². The first-order valence-corrected chi connectivity index (χ1v) is 8.10. The summed E-state index contributed by atoms with van der Waals surface area (Å²) in [7, 11) is 0. The van der Waals surface area contributed by atoms with Crippen LogP contribution in [0.25, 0.3) is 0 Å². The summed E-state index contributed by atoms with van der Waals surface area (Å²) in [6.07, 6.45) is 1.31. The summed E-state index contributed by atoms with van der Waals surface area (Å²) in [4.78, 5) is 32.8. The SMILES string of the molecule is Cc1ncc(CC(=O)N2CCOC(c3ccc(Cl)cc3)C2)c(=O)[nH]1. The Balaban J connectivity index is 1.68. The molecule has 1 aromatic carbocycles. The molecule has 126 valence electrons. The van der Waals surface area contributed by atoms with Crippen molar-refractivity contribution in [3.05, 3.63) is 62.8 Å². The smallest absolute Gasteiger partial charge is 0.254 e. The Morgan fingerprint density at radius 2 is 2.17 bits per heavy atom. The number of H-pyrrole nitrogens is 1. The maximum absolute atomic E-state index is 12.5. The molecule has 1 saturated heterocycles. The predicted octanol–water partition coefficient (Wildman–Crippen LogP) is 1.87. The number of aromatic amines is 1. The third-order valence-electron chi connectivity index (χ3n) is 4.00. The van der Waals surface area contributed by atoms with E-state index in [1.165, 1.54) is 6.20 Å². The van der Waals surface area contributed by atoms with Gasteiger partial charge in [-0.05, 0) is 24.6 Å². The molecule has 1 N–H and O–H groups in total. The maximum Gasteiger partial charge on any atom is 0.254 e. The number of halogens is 1. The van der Waals surface area contributed by atoms with Crippen LogP contribution in [0.5, 0.6) is 0 Å². The van der Waals surface area contributed by atoms with Crippen LogP contribution in [-0.4, -0.2) is 40.5 Å². The number of carbonyl (C=O) groups is 1. The highest BCUT2D eigenvalue weighted by Crippen LogP contribution is 2.24. The number of amides is 1. The van der Waals surface area contributed by atoms with Crippen molar-refractivity contribution in [2.45, 2.75) is 19.4 Å². The Morgan fingerprint density at radius 3 is 2.88 bits per heavy atom. The molecule has 0 saturated carbocycles. The highest BCUT2D eigenvalue weighted by molar-refractivity contribution is 6.30. The van der Waals surface area contributed by atoms with Crippen LogP contribution in [0.15, 0.2) is 35.3 Å². The van der Waals surface area contributed by atoms with Crippen LogP contribution in [0, 0.1) is 6.92 Å². The van der Waals surface area contributed by atoms with Crippen LogP contribution < -0.4 is 5.56 Å². The second kappa shape index (κ2) is 7.15. The minimum absolute atomic E-state index is 0.0376. The number of rotatable bonds is 3. The van der Waals surface area contributed by atoms with Crippen molar-refractivity contribution < 1.29 is 9.53 Å². The zero-order valence-electron chi connectivity index (χ0n) is 13.3. The molecule has 0 aliphatic carbocycles. The molecular formula is C17H18ClN3O3. The molecule has 2 heterocycles. The first-order valence-electron chi connectivity index (χ1n) is 7.72. The van der Waals surface area contributed by atoms with Crippen LogP contribution in [0.2, 0.25) is 5.02 Å². The Hall–Kier alpha value is -2.18. The van der Waals surface area contributed by atoms with Gasteiger partial charge in [-0.1, -0.05) is 23.7 Å². The van der Waals surface area contributed by atoms with E-state index in [1.807, 2.05) is 12.1 Å². The minimum Gasteiger partial charge on any atom is -0.370 e. The van der Waals surface area contributed by atoms with Crippen LogP contribution in [0.1, 0.15) is 23.1 Å². The van der Waals surface area contributed by atoms with E-state index in [9.17, 15) is 9.59 Å². The number of nitrogens with one attached hydrogen (secondary N) is 1. The van der Waals surface area contributed by atoms with Crippen LogP contribution in [-0.2, 0) is 16.0 Å². The Labute approximate surface area is 144 Å². The van der Waals surface area contributed by atoms with Gasteiger partial charge in [0.25, 0.3) is 5.56 Å². The van der Waals surface area contributed by atoms with Gasteiger partial charge < -0.3 is 14.6 Å². The van der Waals surface area contributed by atoms with E-state index in [-0.39, 0.29) is 24.0 Å². The molecule has 1 atom stereocenters. The lowest BCUT2D eigenvalue weighted by atomic mass is 10.1. The number of aromatic nitrogens is 2. The van der Waals surface area contributed by atoms with Gasteiger partial charge in [0, 0.05) is 23.3 Å². The zero-order valence-corrected chi connectivity index (χ0v) is 14.0. The van der Waals surface area contributed by atoms with Crippen LogP contribution in [0.3, 0.4) is 0 Å². The van der Waals surface area contributed by atoms with Gasteiger partial charge in [0.1, 0.15) is 11.9 Å². The zero-order chi connectivity index (χ0) is 17.1. The number of benzene rings is 1. The molecule has 1 amide bonds. The highest BCUT2D eigenvalue weighted by Gasteiger charge is 2.25.